The number of sulfonamides is 1. The van der Waals surface area contributed by atoms with Gasteiger partial charge < -0.3 is 15.4 Å². The molecule has 0 spiro atoms. The van der Waals surface area contributed by atoms with Gasteiger partial charge in [-0.3, -0.25) is 0 Å². The number of ether oxygens (including phenoxy) is 1. The third-order valence-electron chi connectivity index (χ3n) is 4.14. The first-order chi connectivity index (χ1) is 12.9. The zero-order valence-electron chi connectivity index (χ0n) is 14.7. The topological polar surface area (TPSA) is 87.7 Å². The van der Waals surface area contributed by atoms with Gasteiger partial charge in [0, 0.05) is 24.5 Å². The quantitative estimate of drug-likeness (QED) is 0.836. The second-order valence-electron chi connectivity index (χ2n) is 6.08. The number of rotatable bonds is 4. The SMILES string of the molecule is Cc1ccc(NC(=O)Nc2ccc(F)cc2)cc1S(=O)(=O)N1CCOCC1. The second-order valence-corrected chi connectivity index (χ2v) is 7.99. The molecule has 0 aliphatic carbocycles. The lowest BCUT2D eigenvalue weighted by Crippen LogP contribution is -2.40. The summed E-state index contributed by atoms with van der Waals surface area (Å²) in [5.41, 5.74) is 1.35. The first-order valence-electron chi connectivity index (χ1n) is 8.38. The molecule has 0 aromatic heterocycles. The van der Waals surface area contributed by atoms with E-state index in [1.807, 2.05) is 0 Å². The van der Waals surface area contributed by atoms with Crippen LogP contribution in [0.4, 0.5) is 20.6 Å². The number of aryl methyl sites for hydroxylation is 1. The Balaban J connectivity index is 1.76. The molecular weight excluding hydrogens is 373 g/mol. The van der Waals surface area contributed by atoms with Gasteiger partial charge in [0.2, 0.25) is 10.0 Å². The van der Waals surface area contributed by atoms with Crippen LogP contribution in [-0.2, 0) is 14.8 Å². The Morgan fingerprint density at radius 1 is 1.04 bits per heavy atom. The smallest absolute Gasteiger partial charge is 0.323 e. The highest BCUT2D eigenvalue weighted by atomic mass is 32.2. The van der Waals surface area contributed by atoms with Gasteiger partial charge in [0.25, 0.3) is 0 Å². The molecule has 3 rings (SSSR count). The van der Waals surface area contributed by atoms with Crippen molar-refractivity contribution in [1.29, 1.82) is 0 Å². The molecule has 0 saturated carbocycles. The molecule has 1 fully saturated rings. The van der Waals surface area contributed by atoms with Crippen LogP contribution in [0.3, 0.4) is 0 Å². The van der Waals surface area contributed by atoms with Gasteiger partial charge >= 0.3 is 6.03 Å². The van der Waals surface area contributed by atoms with Gasteiger partial charge in [0.05, 0.1) is 18.1 Å². The molecule has 9 heteroatoms. The van der Waals surface area contributed by atoms with E-state index in [1.54, 1.807) is 19.1 Å². The van der Waals surface area contributed by atoms with Crippen LogP contribution in [0.5, 0.6) is 0 Å². The molecule has 0 unspecified atom stereocenters. The van der Waals surface area contributed by atoms with Crippen molar-refractivity contribution in [2.75, 3.05) is 36.9 Å². The summed E-state index contributed by atoms with van der Waals surface area (Å²) in [6, 6.07) is 9.46. The maximum absolute atomic E-state index is 12.9. The molecule has 0 atom stereocenters. The van der Waals surface area contributed by atoms with E-state index < -0.39 is 21.9 Å². The van der Waals surface area contributed by atoms with E-state index >= 15 is 0 Å². The zero-order valence-corrected chi connectivity index (χ0v) is 15.6. The number of nitrogens with zero attached hydrogens (tertiary/aromatic N) is 1. The summed E-state index contributed by atoms with van der Waals surface area (Å²) in [5.74, 6) is -0.405. The molecule has 0 bridgehead atoms. The minimum Gasteiger partial charge on any atom is -0.379 e. The highest BCUT2D eigenvalue weighted by Gasteiger charge is 2.28. The molecule has 144 valence electrons. The van der Waals surface area contributed by atoms with Crippen molar-refractivity contribution in [2.45, 2.75) is 11.8 Å². The zero-order chi connectivity index (χ0) is 19.4. The maximum Gasteiger partial charge on any atom is 0.323 e. The summed E-state index contributed by atoms with van der Waals surface area (Å²) in [5, 5.41) is 5.16. The normalized spacial score (nSPS) is 15.3. The Morgan fingerprint density at radius 2 is 1.63 bits per heavy atom. The lowest BCUT2D eigenvalue weighted by atomic mass is 10.2. The van der Waals surface area contributed by atoms with Gasteiger partial charge in [-0.1, -0.05) is 6.07 Å². The molecule has 1 saturated heterocycles. The highest BCUT2D eigenvalue weighted by Crippen LogP contribution is 2.24. The van der Waals surface area contributed by atoms with Crippen molar-refractivity contribution in [2.24, 2.45) is 0 Å². The van der Waals surface area contributed by atoms with Crippen LogP contribution < -0.4 is 10.6 Å². The molecule has 2 amide bonds. The number of urea groups is 1. The van der Waals surface area contributed by atoms with E-state index in [0.29, 0.717) is 43.2 Å². The largest absolute Gasteiger partial charge is 0.379 e. The standard InChI is InChI=1S/C18H20FN3O4S/c1-13-2-5-16(21-18(23)20-15-6-3-14(19)4-7-15)12-17(13)27(24,25)22-8-10-26-11-9-22/h2-7,12H,8-11H2,1H3,(H2,20,21,23). The van der Waals surface area contributed by atoms with E-state index in [2.05, 4.69) is 10.6 Å². The number of amides is 2. The molecule has 1 aliphatic rings. The summed E-state index contributed by atoms with van der Waals surface area (Å²) in [6.07, 6.45) is 0. The Hall–Kier alpha value is -2.49. The number of nitrogens with one attached hydrogen (secondary N) is 2. The minimum absolute atomic E-state index is 0.143. The average Bonchev–Trinajstić information content (AvgIpc) is 2.66. The predicted molar refractivity (Wildman–Crippen MR) is 99.8 cm³/mol. The molecule has 0 radical (unpaired) electrons. The maximum atomic E-state index is 12.9. The fourth-order valence-corrected chi connectivity index (χ4v) is 4.37. The van der Waals surface area contributed by atoms with Crippen LogP contribution in [-0.4, -0.2) is 45.1 Å². The lowest BCUT2D eigenvalue weighted by Gasteiger charge is -2.26. The first kappa shape index (κ1) is 19.3. The van der Waals surface area contributed by atoms with Crippen molar-refractivity contribution in [3.8, 4) is 0 Å². The number of morpholine rings is 1. The van der Waals surface area contributed by atoms with Crippen molar-refractivity contribution >= 4 is 27.4 Å². The third kappa shape index (κ3) is 4.62. The molecule has 2 aromatic rings. The second kappa shape index (κ2) is 8.03. The van der Waals surface area contributed by atoms with Crippen LogP contribution in [0, 0.1) is 12.7 Å². The fourth-order valence-electron chi connectivity index (χ4n) is 2.71. The Kier molecular flexibility index (Phi) is 5.73. The summed E-state index contributed by atoms with van der Waals surface area (Å²) < 4.78 is 45.3. The number of hydrogen-bond acceptors (Lipinski definition) is 4. The van der Waals surface area contributed by atoms with Crippen molar-refractivity contribution in [1.82, 2.24) is 4.31 Å². The van der Waals surface area contributed by atoms with E-state index in [-0.39, 0.29) is 4.90 Å². The Bertz CT molecular complexity index is 926. The fraction of sp³-hybridized carbons (Fsp3) is 0.278. The number of hydrogen-bond donors (Lipinski definition) is 2. The minimum atomic E-state index is -3.67. The van der Waals surface area contributed by atoms with Gasteiger partial charge in [-0.25, -0.2) is 17.6 Å². The summed E-state index contributed by atoms with van der Waals surface area (Å²) >= 11 is 0. The number of carbonyl (C=O) groups is 1. The van der Waals surface area contributed by atoms with Crippen LogP contribution in [0.25, 0.3) is 0 Å². The monoisotopic (exact) mass is 393 g/mol. The van der Waals surface area contributed by atoms with Crippen LogP contribution in [0.2, 0.25) is 0 Å². The lowest BCUT2D eigenvalue weighted by molar-refractivity contribution is 0.0730. The molecule has 27 heavy (non-hydrogen) atoms. The Labute approximate surface area is 157 Å². The number of benzene rings is 2. The summed E-state index contributed by atoms with van der Waals surface area (Å²) in [4.78, 5) is 12.3. The molecule has 2 N–H and O–H groups in total. The molecule has 1 heterocycles. The summed E-state index contributed by atoms with van der Waals surface area (Å²) in [6.45, 7) is 3.01. The number of carbonyl (C=O) groups excluding carboxylic acids is 1. The molecule has 7 nitrogen and oxygen atoms in total. The van der Waals surface area contributed by atoms with E-state index in [4.69, 9.17) is 4.74 Å². The van der Waals surface area contributed by atoms with E-state index in [1.165, 1.54) is 34.6 Å². The molecule has 2 aromatic carbocycles. The van der Waals surface area contributed by atoms with Crippen LogP contribution in [0.15, 0.2) is 47.4 Å². The van der Waals surface area contributed by atoms with Crippen molar-refractivity contribution in [3.63, 3.8) is 0 Å². The van der Waals surface area contributed by atoms with E-state index in [0.717, 1.165) is 0 Å². The number of halogens is 1. The average molecular weight is 393 g/mol. The summed E-state index contributed by atoms with van der Waals surface area (Å²) in [7, 11) is -3.67. The first-order valence-corrected chi connectivity index (χ1v) is 9.82. The highest BCUT2D eigenvalue weighted by molar-refractivity contribution is 7.89. The van der Waals surface area contributed by atoms with Gasteiger partial charge in [-0.15, -0.1) is 0 Å². The van der Waals surface area contributed by atoms with Gasteiger partial charge in [-0.2, -0.15) is 4.31 Å². The Morgan fingerprint density at radius 3 is 2.30 bits per heavy atom. The van der Waals surface area contributed by atoms with Crippen LogP contribution in [0.1, 0.15) is 5.56 Å². The molecular formula is C18H20FN3O4S. The van der Waals surface area contributed by atoms with E-state index in [9.17, 15) is 17.6 Å². The van der Waals surface area contributed by atoms with Gasteiger partial charge in [0.15, 0.2) is 0 Å². The van der Waals surface area contributed by atoms with Crippen molar-refractivity contribution in [3.05, 3.63) is 53.8 Å². The van der Waals surface area contributed by atoms with Crippen LogP contribution >= 0.6 is 0 Å². The third-order valence-corrected chi connectivity index (χ3v) is 6.18. The molecule has 1 aliphatic heterocycles. The van der Waals surface area contributed by atoms with Crippen molar-refractivity contribution < 1.29 is 22.3 Å². The van der Waals surface area contributed by atoms with Gasteiger partial charge in [0.1, 0.15) is 5.82 Å². The van der Waals surface area contributed by atoms with Gasteiger partial charge in [-0.05, 0) is 48.9 Å². The number of anilines is 2. The predicted octanol–water partition coefficient (Wildman–Crippen LogP) is 2.80.